The zero-order valence-electron chi connectivity index (χ0n) is 9.61. The van der Waals surface area contributed by atoms with E-state index in [1.807, 2.05) is 6.26 Å². The van der Waals surface area contributed by atoms with Crippen LogP contribution in [0.15, 0.2) is 9.64 Å². The zero-order chi connectivity index (χ0) is 11.2. The lowest BCUT2D eigenvalue weighted by Gasteiger charge is -2.26. The number of nitrogens with zero attached hydrogens (tertiary/aromatic N) is 3. The normalized spacial score (nSPS) is 17.8. The summed E-state index contributed by atoms with van der Waals surface area (Å²) in [5.41, 5.74) is 0. The Morgan fingerprint density at radius 1 is 1.38 bits per heavy atom. The van der Waals surface area contributed by atoms with Gasteiger partial charge in [-0.25, -0.2) is 0 Å². The molecule has 1 aliphatic rings. The monoisotopic (exact) mass is 242 g/mol. The quantitative estimate of drug-likeness (QED) is 0.764. The summed E-state index contributed by atoms with van der Waals surface area (Å²) in [6.45, 7) is 5.65. The average Bonchev–Trinajstić information content (AvgIpc) is 2.78. The van der Waals surface area contributed by atoms with Gasteiger partial charge in [0.25, 0.3) is 5.22 Å². The molecule has 16 heavy (non-hydrogen) atoms. The van der Waals surface area contributed by atoms with Gasteiger partial charge in [-0.15, -0.1) is 10.2 Å². The van der Waals surface area contributed by atoms with Crippen molar-refractivity contribution < 1.29 is 4.42 Å². The Morgan fingerprint density at radius 3 is 2.88 bits per heavy atom. The van der Waals surface area contributed by atoms with E-state index in [-0.39, 0.29) is 0 Å². The van der Waals surface area contributed by atoms with Crippen molar-refractivity contribution in [1.82, 2.24) is 20.4 Å². The molecular formula is C10H18N4OS. The average molecular weight is 242 g/mol. The van der Waals surface area contributed by atoms with Gasteiger partial charge < -0.3 is 14.6 Å². The lowest BCUT2D eigenvalue weighted by molar-refractivity contribution is 0.236. The van der Waals surface area contributed by atoms with E-state index in [2.05, 4.69) is 20.4 Å². The van der Waals surface area contributed by atoms with Crippen molar-refractivity contribution in [1.29, 1.82) is 0 Å². The van der Waals surface area contributed by atoms with E-state index in [1.54, 1.807) is 0 Å². The minimum Gasteiger partial charge on any atom is -0.416 e. The summed E-state index contributed by atoms with van der Waals surface area (Å²) in [5, 5.41) is 11.9. The zero-order valence-corrected chi connectivity index (χ0v) is 10.4. The van der Waals surface area contributed by atoms with Crippen LogP contribution in [-0.4, -0.2) is 54.1 Å². The third-order valence-electron chi connectivity index (χ3n) is 2.70. The van der Waals surface area contributed by atoms with Crippen LogP contribution in [0.4, 0.5) is 0 Å². The summed E-state index contributed by atoms with van der Waals surface area (Å²) >= 11 is 1.49. The molecule has 0 aromatic carbocycles. The first kappa shape index (κ1) is 11.9. The van der Waals surface area contributed by atoms with Crippen LogP contribution in [-0.2, 0) is 6.42 Å². The number of hydrogen-bond donors (Lipinski definition) is 1. The van der Waals surface area contributed by atoms with Crippen LogP contribution in [0, 0.1) is 0 Å². The van der Waals surface area contributed by atoms with Crippen LogP contribution in [0.25, 0.3) is 0 Å². The van der Waals surface area contributed by atoms with Crippen molar-refractivity contribution in [3.05, 3.63) is 5.89 Å². The van der Waals surface area contributed by atoms with E-state index in [0.29, 0.717) is 5.22 Å². The predicted molar refractivity (Wildman–Crippen MR) is 63.7 cm³/mol. The van der Waals surface area contributed by atoms with Crippen LogP contribution >= 0.6 is 11.8 Å². The molecule has 0 amide bonds. The standard InChI is InChI=1S/C10H18N4OS/c1-16-10-13-12-9(15-10)3-2-6-14-7-4-11-5-8-14/h11H,2-8H2,1H3. The van der Waals surface area contributed by atoms with Gasteiger partial charge in [0.15, 0.2) is 0 Å². The Morgan fingerprint density at radius 2 is 2.19 bits per heavy atom. The van der Waals surface area contributed by atoms with Gasteiger partial charge in [-0.3, -0.25) is 0 Å². The Bertz CT molecular complexity index is 312. The SMILES string of the molecule is CSc1nnc(CCCN2CCNCC2)o1. The van der Waals surface area contributed by atoms with Gasteiger partial charge in [0.2, 0.25) is 5.89 Å². The third-order valence-corrected chi connectivity index (χ3v) is 3.21. The molecule has 1 aliphatic heterocycles. The summed E-state index contributed by atoms with van der Waals surface area (Å²) in [7, 11) is 0. The number of aryl methyl sites for hydroxylation is 1. The number of aromatic nitrogens is 2. The van der Waals surface area contributed by atoms with Crippen molar-refractivity contribution in [3.63, 3.8) is 0 Å². The number of hydrogen-bond acceptors (Lipinski definition) is 6. The minimum absolute atomic E-state index is 0.664. The van der Waals surface area contributed by atoms with Crippen LogP contribution in [0.2, 0.25) is 0 Å². The van der Waals surface area contributed by atoms with Gasteiger partial charge in [-0.1, -0.05) is 11.8 Å². The molecule has 0 radical (unpaired) electrons. The highest BCUT2D eigenvalue weighted by atomic mass is 32.2. The highest BCUT2D eigenvalue weighted by molar-refractivity contribution is 7.98. The number of thioether (sulfide) groups is 1. The van der Waals surface area contributed by atoms with Crippen molar-refractivity contribution in [3.8, 4) is 0 Å². The fourth-order valence-electron chi connectivity index (χ4n) is 1.81. The molecule has 1 aromatic heterocycles. The third kappa shape index (κ3) is 3.47. The van der Waals surface area contributed by atoms with E-state index in [9.17, 15) is 0 Å². The summed E-state index contributed by atoms with van der Waals surface area (Å²) < 4.78 is 5.43. The molecule has 2 rings (SSSR count). The predicted octanol–water partition coefficient (Wildman–Crippen LogP) is 0.629. The second-order valence-electron chi connectivity index (χ2n) is 3.86. The topological polar surface area (TPSA) is 54.2 Å². The van der Waals surface area contributed by atoms with Crippen molar-refractivity contribution in [2.75, 3.05) is 39.0 Å². The molecule has 1 fully saturated rings. The van der Waals surface area contributed by atoms with Gasteiger partial charge in [0.1, 0.15) is 0 Å². The van der Waals surface area contributed by atoms with Crippen molar-refractivity contribution in [2.24, 2.45) is 0 Å². The molecule has 1 N–H and O–H groups in total. The molecule has 0 unspecified atom stereocenters. The summed E-state index contributed by atoms with van der Waals surface area (Å²) in [5.74, 6) is 0.763. The van der Waals surface area contributed by atoms with Gasteiger partial charge in [0, 0.05) is 32.6 Å². The summed E-state index contributed by atoms with van der Waals surface area (Å²) in [6.07, 6.45) is 3.92. The lowest BCUT2D eigenvalue weighted by Crippen LogP contribution is -2.43. The molecule has 0 aliphatic carbocycles. The second-order valence-corrected chi connectivity index (χ2v) is 4.62. The molecule has 1 saturated heterocycles. The Balaban J connectivity index is 1.66. The van der Waals surface area contributed by atoms with E-state index in [0.717, 1.165) is 51.5 Å². The summed E-state index contributed by atoms with van der Waals surface area (Å²) in [6, 6.07) is 0. The highest BCUT2D eigenvalue weighted by Gasteiger charge is 2.10. The number of rotatable bonds is 5. The van der Waals surface area contributed by atoms with E-state index >= 15 is 0 Å². The molecule has 0 saturated carbocycles. The first-order valence-electron chi connectivity index (χ1n) is 5.68. The maximum Gasteiger partial charge on any atom is 0.276 e. The smallest absolute Gasteiger partial charge is 0.276 e. The van der Waals surface area contributed by atoms with Crippen molar-refractivity contribution >= 4 is 11.8 Å². The van der Waals surface area contributed by atoms with Crippen LogP contribution in [0.3, 0.4) is 0 Å². The van der Waals surface area contributed by atoms with Gasteiger partial charge in [0.05, 0.1) is 0 Å². The maximum atomic E-state index is 5.43. The van der Waals surface area contributed by atoms with Crippen LogP contribution < -0.4 is 5.32 Å². The second kappa shape index (κ2) is 6.22. The summed E-state index contributed by atoms with van der Waals surface area (Å²) in [4.78, 5) is 2.47. The van der Waals surface area contributed by atoms with Gasteiger partial charge in [-0.2, -0.15) is 0 Å². The Hall–Kier alpha value is -0.590. The van der Waals surface area contributed by atoms with E-state index in [1.165, 1.54) is 11.8 Å². The number of piperazine rings is 1. The number of nitrogens with one attached hydrogen (secondary N) is 1. The molecule has 0 spiro atoms. The Labute approximate surface area is 100.0 Å². The van der Waals surface area contributed by atoms with Gasteiger partial charge in [-0.05, 0) is 19.2 Å². The first-order chi connectivity index (χ1) is 7.88. The molecule has 0 atom stereocenters. The molecule has 1 aromatic rings. The molecule has 5 nitrogen and oxygen atoms in total. The van der Waals surface area contributed by atoms with Gasteiger partial charge >= 0.3 is 0 Å². The van der Waals surface area contributed by atoms with E-state index in [4.69, 9.17) is 4.42 Å². The van der Waals surface area contributed by atoms with Crippen LogP contribution in [0.1, 0.15) is 12.3 Å². The highest BCUT2D eigenvalue weighted by Crippen LogP contribution is 2.12. The fraction of sp³-hybridized carbons (Fsp3) is 0.800. The molecule has 0 bridgehead atoms. The first-order valence-corrected chi connectivity index (χ1v) is 6.90. The fourth-order valence-corrected chi connectivity index (χ4v) is 2.11. The molecular weight excluding hydrogens is 224 g/mol. The van der Waals surface area contributed by atoms with E-state index < -0.39 is 0 Å². The minimum atomic E-state index is 0.664. The largest absolute Gasteiger partial charge is 0.416 e. The lowest BCUT2D eigenvalue weighted by atomic mass is 10.2. The molecule has 90 valence electrons. The Kier molecular flexibility index (Phi) is 4.62. The maximum absolute atomic E-state index is 5.43. The van der Waals surface area contributed by atoms with Crippen LogP contribution in [0.5, 0.6) is 0 Å². The molecule has 2 heterocycles. The molecule has 6 heteroatoms. The van der Waals surface area contributed by atoms with Crippen molar-refractivity contribution in [2.45, 2.75) is 18.1 Å².